The molecule has 0 saturated heterocycles. The second kappa shape index (κ2) is 4.34. The standard InChI is InChI=1S/C13H18N2O/c1-2-11(1)14-6-7-15-12-3-4-13-10(9-12)5-8-16-13/h3-4,9,11,14-15H,1-2,5-8H2. The van der Waals surface area contributed by atoms with Crippen LogP contribution in [-0.4, -0.2) is 25.7 Å². The number of fused-ring (bicyclic) bond motifs is 1. The van der Waals surface area contributed by atoms with Crippen LogP contribution in [0.3, 0.4) is 0 Å². The second-order valence-electron chi connectivity index (χ2n) is 4.58. The molecule has 1 saturated carbocycles. The van der Waals surface area contributed by atoms with Gasteiger partial charge in [0, 0.05) is 31.2 Å². The molecular weight excluding hydrogens is 200 g/mol. The second-order valence-corrected chi connectivity index (χ2v) is 4.58. The van der Waals surface area contributed by atoms with E-state index < -0.39 is 0 Å². The number of hydrogen-bond acceptors (Lipinski definition) is 3. The first-order chi connectivity index (χ1) is 7.92. The minimum Gasteiger partial charge on any atom is -0.493 e. The first-order valence-corrected chi connectivity index (χ1v) is 6.15. The summed E-state index contributed by atoms with van der Waals surface area (Å²) in [7, 11) is 0. The summed E-state index contributed by atoms with van der Waals surface area (Å²) in [6.07, 6.45) is 3.76. The summed E-state index contributed by atoms with van der Waals surface area (Å²) < 4.78 is 5.48. The minimum atomic E-state index is 0.801. The summed E-state index contributed by atoms with van der Waals surface area (Å²) in [5.74, 6) is 1.06. The zero-order valence-corrected chi connectivity index (χ0v) is 9.46. The van der Waals surface area contributed by atoms with Gasteiger partial charge in [0.15, 0.2) is 0 Å². The lowest BCUT2D eigenvalue weighted by atomic mass is 10.1. The first kappa shape index (κ1) is 9.97. The lowest BCUT2D eigenvalue weighted by Gasteiger charge is -2.08. The van der Waals surface area contributed by atoms with Gasteiger partial charge in [-0.25, -0.2) is 0 Å². The highest BCUT2D eigenvalue weighted by Gasteiger charge is 2.19. The molecule has 3 rings (SSSR count). The molecule has 0 bridgehead atoms. The molecule has 1 aromatic carbocycles. The zero-order valence-electron chi connectivity index (χ0n) is 9.46. The maximum Gasteiger partial charge on any atom is 0.122 e. The molecule has 1 fully saturated rings. The fraction of sp³-hybridized carbons (Fsp3) is 0.538. The maximum atomic E-state index is 5.48. The Labute approximate surface area is 96.2 Å². The van der Waals surface area contributed by atoms with Crippen molar-refractivity contribution in [1.82, 2.24) is 5.32 Å². The van der Waals surface area contributed by atoms with Crippen molar-refractivity contribution in [2.24, 2.45) is 0 Å². The minimum absolute atomic E-state index is 0.801. The Kier molecular flexibility index (Phi) is 2.70. The van der Waals surface area contributed by atoms with Gasteiger partial charge in [-0.05, 0) is 36.6 Å². The molecule has 2 N–H and O–H groups in total. The maximum absolute atomic E-state index is 5.48. The Morgan fingerprint density at radius 3 is 3.06 bits per heavy atom. The Morgan fingerprint density at radius 2 is 2.19 bits per heavy atom. The van der Waals surface area contributed by atoms with Gasteiger partial charge in [-0.2, -0.15) is 0 Å². The van der Waals surface area contributed by atoms with E-state index in [1.54, 1.807) is 0 Å². The fourth-order valence-corrected chi connectivity index (χ4v) is 2.07. The number of nitrogens with one attached hydrogen (secondary N) is 2. The monoisotopic (exact) mass is 218 g/mol. The van der Waals surface area contributed by atoms with Crippen LogP contribution >= 0.6 is 0 Å². The van der Waals surface area contributed by atoms with Crippen molar-refractivity contribution in [1.29, 1.82) is 0 Å². The van der Waals surface area contributed by atoms with E-state index in [0.29, 0.717) is 0 Å². The first-order valence-electron chi connectivity index (χ1n) is 6.15. The summed E-state index contributed by atoms with van der Waals surface area (Å²) in [4.78, 5) is 0. The molecular formula is C13H18N2O. The molecule has 1 heterocycles. The molecule has 0 amide bonds. The van der Waals surface area contributed by atoms with Crippen molar-refractivity contribution in [2.75, 3.05) is 25.0 Å². The average Bonchev–Trinajstić information content (AvgIpc) is 3.01. The highest BCUT2D eigenvalue weighted by Crippen LogP contribution is 2.27. The number of hydrogen-bond donors (Lipinski definition) is 2. The third-order valence-corrected chi connectivity index (χ3v) is 3.15. The molecule has 1 aliphatic heterocycles. The molecule has 0 radical (unpaired) electrons. The Hall–Kier alpha value is -1.22. The molecule has 0 atom stereocenters. The molecule has 1 aromatic rings. The predicted octanol–water partition coefficient (Wildman–Crippen LogP) is 1.79. The van der Waals surface area contributed by atoms with Crippen LogP contribution in [0.5, 0.6) is 5.75 Å². The van der Waals surface area contributed by atoms with Crippen LogP contribution in [-0.2, 0) is 6.42 Å². The molecule has 0 aromatic heterocycles. The van der Waals surface area contributed by atoms with E-state index in [1.165, 1.54) is 24.1 Å². The van der Waals surface area contributed by atoms with Gasteiger partial charge < -0.3 is 15.4 Å². The van der Waals surface area contributed by atoms with Crippen LogP contribution in [0.4, 0.5) is 5.69 Å². The Bertz CT molecular complexity index is 374. The van der Waals surface area contributed by atoms with E-state index in [-0.39, 0.29) is 0 Å². The average molecular weight is 218 g/mol. The highest BCUT2D eigenvalue weighted by molar-refractivity contribution is 5.52. The van der Waals surface area contributed by atoms with Crippen molar-refractivity contribution < 1.29 is 4.74 Å². The van der Waals surface area contributed by atoms with Crippen LogP contribution in [0.2, 0.25) is 0 Å². The summed E-state index contributed by atoms with van der Waals surface area (Å²) in [5, 5.41) is 6.93. The summed E-state index contributed by atoms with van der Waals surface area (Å²) in [6, 6.07) is 7.18. The van der Waals surface area contributed by atoms with Gasteiger partial charge in [0.25, 0.3) is 0 Å². The van der Waals surface area contributed by atoms with E-state index in [9.17, 15) is 0 Å². The smallest absolute Gasteiger partial charge is 0.122 e. The van der Waals surface area contributed by atoms with Crippen molar-refractivity contribution in [3.8, 4) is 5.75 Å². The molecule has 16 heavy (non-hydrogen) atoms. The number of rotatable bonds is 5. The molecule has 3 nitrogen and oxygen atoms in total. The molecule has 3 heteroatoms. The predicted molar refractivity (Wildman–Crippen MR) is 65.2 cm³/mol. The summed E-state index contributed by atoms with van der Waals surface area (Å²) in [6.45, 7) is 2.89. The third-order valence-electron chi connectivity index (χ3n) is 3.15. The van der Waals surface area contributed by atoms with Gasteiger partial charge in [-0.1, -0.05) is 0 Å². The van der Waals surface area contributed by atoms with E-state index >= 15 is 0 Å². The third kappa shape index (κ3) is 2.30. The lowest BCUT2D eigenvalue weighted by Crippen LogP contribution is -2.23. The largest absolute Gasteiger partial charge is 0.493 e. The van der Waals surface area contributed by atoms with Crippen molar-refractivity contribution in [3.05, 3.63) is 23.8 Å². The van der Waals surface area contributed by atoms with Gasteiger partial charge in [0.2, 0.25) is 0 Å². The van der Waals surface area contributed by atoms with Gasteiger partial charge in [-0.3, -0.25) is 0 Å². The summed E-state index contributed by atoms with van der Waals surface area (Å²) in [5.41, 5.74) is 2.54. The van der Waals surface area contributed by atoms with Crippen LogP contribution in [0.25, 0.3) is 0 Å². The van der Waals surface area contributed by atoms with Crippen LogP contribution < -0.4 is 15.4 Å². The van der Waals surface area contributed by atoms with E-state index in [0.717, 1.165) is 37.9 Å². The normalized spacial score (nSPS) is 18.0. The molecule has 0 spiro atoms. The quantitative estimate of drug-likeness (QED) is 0.739. The number of ether oxygens (including phenoxy) is 1. The van der Waals surface area contributed by atoms with E-state index in [1.807, 2.05) is 0 Å². The van der Waals surface area contributed by atoms with Crippen LogP contribution in [0.15, 0.2) is 18.2 Å². The van der Waals surface area contributed by atoms with Gasteiger partial charge in [0.1, 0.15) is 5.75 Å². The molecule has 2 aliphatic rings. The summed E-state index contributed by atoms with van der Waals surface area (Å²) >= 11 is 0. The van der Waals surface area contributed by atoms with Gasteiger partial charge in [-0.15, -0.1) is 0 Å². The lowest BCUT2D eigenvalue weighted by molar-refractivity contribution is 0.357. The Morgan fingerprint density at radius 1 is 1.25 bits per heavy atom. The SMILES string of the molecule is c1cc2c(cc1NCCNC1CC1)CCO2. The fourth-order valence-electron chi connectivity index (χ4n) is 2.07. The van der Waals surface area contributed by atoms with Crippen molar-refractivity contribution in [3.63, 3.8) is 0 Å². The van der Waals surface area contributed by atoms with E-state index in [4.69, 9.17) is 4.74 Å². The van der Waals surface area contributed by atoms with Gasteiger partial charge in [0.05, 0.1) is 6.61 Å². The van der Waals surface area contributed by atoms with Crippen LogP contribution in [0.1, 0.15) is 18.4 Å². The Balaban J connectivity index is 1.49. The van der Waals surface area contributed by atoms with Crippen molar-refractivity contribution in [2.45, 2.75) is 25.3 Å². The topological polar surface area (TPSA) is 33.3 Å². The zero-order chi connectivity index (χ0) is 10.8. The van der Waals surface area contributed by atoms with Crippen molar-refractivity contribution >= 4 is 5.69 Å². The molecule has 0 unspecified atom stereocenters. The van der Waals surface area contributed by atoms with E-state index in [2.05, 4.69) is 28.8 Å². The number of anilines is 1. The van der Waals surface area contributed by atoms with Crippen LogP contribution in [0, 0.1) is 0 Å². The van der Waals surface area contributed by atoms with Gasteiger partial charge >= 0.3 is 0 Å². The number of benzene rings is 1. The molecule has 86 valence electrons. The molecule has 1 aliphatic carbocycles. The highest BCUT2D eigenvalue weighted by atomic mass is 16.5.